The molecule has 5 heteroatoms. The van der Waals surface area contributed by atoms with Gasteiger partial charge in [0.25, 0.3) is 0 Å². The molecule has 0 amide bonds. The molecule has 0 fully saturated rings. The van der Waals surface area contributed by atoms with Crippen LogP contribution in [0.2, 0.25) is 11.6 Å². The van der Waals surface area contributed by atoms with Gasteiger partial charge in [-0.3, -0.25) is 6.08 Å². The Morgan fingerprint density at radius 3 is 1.73 bits per heavy atom. The molecule has 2 unspecified atom stereocenters. The molecule has 0 bridgehead atoms. The first-order valence-corrected chi connectivity index (χ1v) is 12.1. The van der Waals surface area contributed by atoms with E-state index in [9.17, 15) is 0 Å². The van der Waals surface area contributed by atoms with Gasteiger partial charge >= 0.3 is 21.7 Å². The number of hydrogen-bond donors (Lipinski definition) is 0. The summed E-state index contributed by atoms with van der Waals surface area (Å²) in [5.41, 5.74) is 8.34. The van der Waals surface area contributed by atoms with Crippen LogP contribution in [0.4, 0.5) is 0 Å². The fourth-order valence-electron chi connectivity index (χ4n) is 4.83. The maximum atomic E-state index is 3.94. The molecule has 0 saturated carbocycles. The van der Waals surface area contributed by atoms with Crippen LogP contribution in [-0.4, -0.2) is 8.07 Å². The standard InChI is InChI=1S/C25H31Si.3ClH.Ti/c1-17-13-18(2)15-23(14-17)26(8,24-12-10-9-11-19(24)3)25(7)16-20(4)21(5)22(25)6;;;;/h9-15H,1-8H3;3*1H;/q-1;;;;+4/p-3. The van der Waals surface area contributed by atoms with Crippen molar-refractivity contribution in [1.29, 1.82) is 0 Å². The first kappa shape index (κ1) is 31.9. The van der Waals surface area contributed by atoms with E-state index in [4.69, 9.17) is 0 Å². The molecule has 2 atom stereocenters. The van der Waals surface area contributed by atoms with E-state index in [1.54, 1.807) is 0 Å². The summed E-state index contributed by atoms with van der Waals surface area (Å²) < 4.78 is 0. The zero-order valence-corrected chi connectivity index (χ0v) is 24.0. The second-order valence-electron chi connectivity index (χ2n) is 8.44. The summed E-state index contributed by atoms with van der Waals surface area (Å²) in [5, 5.41) is 3.01. The van der Waals surface area contributed by atoms with Crippen LogP contribution < -0.4 is 47.6 Å². The van der Waals surface area contributed by atoms with Crippen LogP contribution in [-0.2, 0) is 21.7 Å². The van der Waals surface area contributed by atoms with Gasteiger partial charge in [0.1, 0.15) is 8.07 Å². The van der Waals surface area contributed by atoms with Crippen molar-refractivity contribution in [3.05, 3.63) is 82.0 Å². The smallest absolute Gasteiger partial charge is 1.00 e. The molecule has 0 aromatic heterocycles. The van der Waals surface area contributed by atoms with Gasteiger partial charge in [-0.1, -0.05) is 102 Å². The predicted octanol–water partition coefficient (Wildman–Crippen LogP) is -3.33. The Morgan fingerprint density at radius 1 is 0.800 bits per heavy atom. The van der Waals surface area contributed by atoms with Crippen LogP contribution in [0.15, 0.2) is 59.2 Å². The molecule has 0 saturated heterocycles. The van der Waals surface area contributed by atoms with Gasteiger partial charge < -0.3 is 37.2 Å². The topological polar surface area (TPSA) is 0 Å². The van der Waals surface area contributed by atoms with Gasteiger partial charge in [0, 0.05) is 0 Å². The maximum Gasteiger partial charge on any atom is 4.00 e. The van der Waals surface area contributed by atoms with Crippen molar-refractivity contribution >= 4 is 18.4 Å². The molecule has 2 aromatic rings. The molecule has 2 aromatic carbocycles. The van der Waals surface area contributed by atoms with Crippen molar-refractivity contribution in [2.24, 2.45) is 0 Å². The number of aryl methyl sites for hydroxylation is 3. The van der Waals surface area contributed by atoms with Gasteiger partial charge in [-0.25, -0.2) is 5.57 Å². The summed E-state index contributed by atoms with van der Waals surface area (Å²) in [6.45, 7) is 18.5. The minimum atomic E-state index is -2.14. The molecule has 0 nitrogen and oxygen atoms in total. The monoisotopic (exact) mass is 512 g/mol. The Hall–Kier alpha value is -0.279. The van der Waals surface area contributed by atoms with Crippen molar-refractivity contribution in [3.8, 4) is 0 Å². The fourth-order valence-corrected chi connectivity index (χ4v) is 9.97. The summed E-state index contributed by atoms with van der Waals surface area (Å²) in [7, 11) is -2.14. The molecule has 1 aliphatic rings. The van der Waals surface area contributed by atoms with Gasteiger partial charge in [-0.2, -0.15) is 11.1 Å². The summed E-state index contributed by atoms with van der Waals surface area (Å²) >= 11 is 0. The maximum absolute atomic E-state index is 3.94. The average Bonchev–Trinajstić information content (AvgIpc) is 2.78. The van der Waals surface area contributed by atoms with E-state index in [1.165, 1.54) is 43.8 Å². The Kier molecular flexibility index (Phi) is 12.3. The number of rotatable bonds is 3. The van der Waals surface area contributed by atoms with Crippen molar-refractivity contribution in [2.45, 2.75) is 60.1 Å². The van der Waals surface area contributed by atoms with Crippen LogP contribution in [0.3, 0.4) is 0 Å². The number of halogens is 3. The Balaban J connectivity index is 0. The average molecular weight is 514 g/mol. The molecular formula is C25H31Cl3SiTi. The predicted molar refractivity (Wildman–Crippen MR) is 117 cm³/mol. The van der Waals surface area contributed by atoms with Crippen molar-refractivity contribution in [1.82, 2.24) is 0 Å². The van der Waals surface area contributed by atoms with Crippen LogP contribution in [0.5, 0.6) is 0 Å². The Labute approximate surface area is 218 Å². The molecule has 0 heterocycles. The third-order valence-electron chi connectivity index (χ3n) is 6.80. The molecule has 30 heavy (non-hydrogen) atoms. The van der Waals surface area contributed by atoms with Crippen LogP contribution in [0.25, 0.3) is 0 Å². The third-order valence-corrected chi connectivity index (χ3v) is 12.4. The molecule has 0 N–H and O–H groups in total. The van der Waals surface area contributed by atoms with Crippen molar-refractivity contribution in [2.75, 3.05) is 0 Å². The number of benzene rings is 2. The van der Waals surface area contributed by atoms with E-state index >= 15 is 0 Å². The van der Waals surface area contributed by atoms with Crippen LogP contribution in [0, 0.1) is 26.8 Å². The van der Waals surface area contributed by atoms with E-state index in [-0.39, 0.29) is 64.0 Å². The SMILES string of the molecule is CC1=[C-]C(C)([Si](C)(c2cc(C)cc(C)c2)c2ccccc2C)C(C)=C1C.[Cl-].[Cl-].[Cl-].[Ti+4]. The van der Waals surface area contributed by atoms with Gasteiger partial charge in [0.15, 0.2) is 0 Å². The van der Waals surface area contributed by atoms with Crippen LogP contribution in [0.1, 0.15) is 44.4 Å². The molecule has 0 aliphatic heterocycles. The quantitative estimate of drug-likeness (QED) is 0.298. The number of hydrogen-bond acceptors (Lipinski definition) is 0. The summed E-state index contributed by atoms with van der Waals surface area (Å²) in [6.07, 6.45) is 3.94. The Morgan fingerprint density at radius 2 is 1.30 bits per heavy atom. The third kappa shape index (κ3) is 5.03. The second kappa shape index (κ2) is 11.5. The second-order valence-corrected chi connectivity index (χ2v) is 12.8. The minimum Gasteiger partial charge on any atom is -1.00 e. The van der Waals surface area contributed by atoms with E-state index in [2.05, 4.69) is 104 Å². The summed E-state index contributed by atoms with van der Waals surface area (Å²) in [5.74, 6) is 0. The molecule has 3 rings (SSSR count). The van der Waals surface area contributed by atoms with E-state index < -0.39 is 8.07 Å². The minimum absolute atomic E-state index is 0. The largest absolute Gasteiger partial charge is 4.00 e. The van der Waals surface area contributed by atoms with Gasteiger partial charge in [-0.05, 0) is 20.8 Å². The molecule has 160 valence electrons. The van der Waals surface area contributed by atoms with Gasteiger partial charge in [0.2, 0.25) is 0 Å². The Bertz CT molecular complexity index is 931. The van der Waals surface area contributed by atoms with E-state index in [0.717, 1.165) is 0 Å². The zero-order chi connectivity index (χ0) is 19.3. The molecule has 0 radical (unpaired) electrons. The van der Waals surface area contributed by atoms with E-state index in [0.29, 0.717) is 0 Å². The zero-order valence-electron chi connectivity index (χ0n) is 19.2. The normalized spacial score (nSPS) is 19.4. The summed E-state index contributed by atoms with van der Waals surface area (Å²) in [4.78, 5) is 0. The first-order valence-electron chi connectivity index (χ1n) is 9.56. The summed E-state index contributed by atoms with van der Waals surface area (Å²) in [6, 6.07) is 16.1. The molecular weight excluding hydrogens is 483 g/mol. The van der Waals surface area contributed by atoms with Crippen molar-refractivity contribution < 1.29 is 58.9 Å². The van der Waals surface area contributed by atoms with Gasteiger partial charge in [-0.15, -0.1) is 6.92 Å². The first-order chi connectivity index (χ1) is 12.1. The molecule has 0 spiro atoms. The molecule has 1 aliphatic carbocycles. The van der Waals surface area contributed by atoms with Crippen LogP contribution >= 0.6 is 0 Å². The van der Waals surface area contributed by atoms with Crippen molar-refractivity contribution in [3.63, 3.8) is 0 Å². The fraction of sp³-hybridized carbons (Fsp3) is 0.360. The van der Waals surface area contributed by atoms with E-state index in [1.807, 2.05) is 0 Å². The van der Waals surface area contributed by atoms with Gasteiger partial charge in [0.05, 0.1) is 0 Å². The number of allylic oxidation sites excluding steroid dienone is 4.